The second-order valence-corrected chi connectivity index (χ2v) is 21.5. The number of carbonyl (C=O) groups excluding carboxylic acids is 9. The van der Waals surface area contributed by atoms with Crippen LogP contribution in [-0.4, -0.2) is 473 Å². The smallest absolute Gasteiger partial charge is 0.549 e. The predicted octanol–water partition coefficient (Wildman–Crippen LogP) is -22.1. The van der Waals surface area contributed by atoms with Crippen molar-refractivity contribution in [2.24, 2.45) is 20.6 Å². The Morgan fingerprint density at radius 3 is 0.714 bits per heavy atom. The summed E-state index contributed by atoms with van der Waals surface area (Å²) in [5.74, 6) is -12.1. The van der Waals surface area contributed by atoms with Gasteiger partial charge in [0.2, 0.25) is 38.2 Å². The summed E-state index contributed by atoms with van der Waals surface area (Å²) in [7, 11) is 0. The van der Waals surface area contributed by atoms with Gasteiger partial charge in [-0.2, -0.15) is 0 Å². The molecule has 50 nitrogen and oxygen atoms in total. The van der Waals surface area contributed by atoms with Crippen molar-refractivity contribution in [3.8, 4) is 0 Å². The van der Waals surface area contributed by atoms with Crippen LogP contribution in [0.25, 0.3) is 0 Å². The topological polar surface area (TPSA) is 798 Å². The van der Waals surface area contributed by atoms with Gasteiger partial charge in [0, 0.05) is 45.8 Å². The zero-order valence-electron chi connectivity index (χ0n) is 55.7. The summed E-state index contributed by atoms with van der Waals surface area (Å²) in [6.07, 6.45) is -30.0. The molecular weight excluding hydrogens is 1590 g/mol. The van der Waals surface area contributed by atoms with Gasteiger partial charge >= 0.3 is 63.8 Å². The van der Waals surface area contributed by atoms with Gasteiger partial charge in [-0.25, -0.2) is 19.2 Å². The molecule has 0 rings (SSSR count). The molecule has 0 unspecified atom stereocenters. The van der Waals surface area contributed by atoms with Crippen LogP contribution in [0.4, 0.5) is 0 Å². The van der Waals surface area contributed by atoms with E-state index in [2.05, 4.69) is 40.0 Å². The molecule has 22 N–H and O–H groups in total. The first-order chi connectivity index (χ1) is 48.5. The number of hydrogen-bond acceptors (Lipinski definition) is 47. The zero-order chi connectivity index (χ0) is 78.3. The van der Waals surface area contributed by atoms with Gasteiger partial charge in [-0.15, -0.1) is 0 Å². The first kappa shape index (κ1) is 103. The molecule has 16 atom stereocenters. The maximum absolute atomic E-state index is 13.9. The Hall–Kier alpha value is -6.53. The number of esters is 4. The molecule has 1 radical (unpaired) electrons. The monoisotopic (exact) mass is 1680 g/mol. The van der Waals surface area contributed by atoms with E-state index < -0.39 is 316 Å². The average Bonchev–Trinajstić information content (AvgIpc) is 0.854. The summed E-state index contributed by atoms with van der Waals surface area (Å²) < 4.78 is 20.1. The van der Waals surface area contributed by atoms with Gasteiger partial charge in [0.25, 0.3) is 0 Å². The van der Waals surface area contributed by atoms with Crippen molar-refractivity contribution in [1.82, 2.24) is 24.5 Å². The number of amides is 2. The normalized spacial score (nSPS) is 16.4. The fraction of sp³-hybridized carbons (Fsp3) is 0.759. The Kier molecular flexibility index (Phi) is 57.2. The molecule has 105 heavy (non-hydrogen) atoms. The molecule has 0 spiro atoms. The Bertz CT molecular complexity index is 2330. The van der Waals surface area contributed by atoms with Crippen molar-refractivity contribution in [2.75, 3.05) is 164 Å². The molecule has 0 fully saturated rings. The summed E-state index contributed by atoms with van der Waals surface area (Å²) in [6.45, 7) is -19.9. The molecular formula is C54H92GdN9O41. The van der Waals surface area contributed by atoms with Crippen LogP contribution in [0.2, 0.25) is 0 Å². The summed E-state index contributed by atoms with van der Waals surface area (Å²) in [4.78, 5) is 137. The average molecular weight is 1680 g/mol. The molecule has 0 saturated carbocycles. The van der Waals surface area contributed by atoms with Crippen molar-refractivity contribution in [3.63, 3.8) is 0 Å². The summed E-state index contributed by atoms with van der Waals surface area (Å²) in [5.41, 5.74) is 0. The summed E-state index contributed by atoms with van der Waals surface area (Å²) in [5, 5.41) is 241. The first-order valence-corrected chi connectivity index (χ1v) is 30.4. The SMILES string of the molecule is O.O=C([O-])CN(CCN(CC(=O)[O-])CC(=O)N(CCOC(=O)CO/N=C\[C@@H](O)[C@H](O)[C@H](O)[C@H](O)CO)CCOC(=O)CO/N=C\[C@@H](O)[C@H](O)[C@H](O)[C@H](O)CO)CCN(CC(=O)[O-])CC(=O)N(CCOC(=O)CO/N=C/[C@@H](O)[C@H](O)[C@H](O)[C@H](O)CO)CCOC(=O)CO/N=C/[C@@H](O)[C@H](O)[C@H](O)[C@H](O)CO.[Gd+3]. The van der Waals surface area contributed by atoms with Gasteiger partial charge in [-0.3, -0.25) is 24.3 Å². The molecule has 607 valence electrons. The van der Waals surface area contributed by atoms with Crippen molar-refractivity contribution < 1.29 is 244 Å². The summed E-state index contributed by atoms with van der Waals surface area (Å²) in [6, 6.07) is 0. The van der Waals surface area contributed by atoms with Crippen LogP contribution in [0.3, 0.4) is 0 Å². The molecule has 0 saturated heterocycles. The number of ether oxygens (including phenoxy) is 4. The number of carboxylic acid groups (broad SMARTS) is 3. The van der Waals surface area contributed by atoms with Gasteiger partial charge in [0.15, 0.2) is 0 Å². The number of aliphatic hydroxyl groups is 20. The van der Waals surface area contributed by atoms with E-state index in [-0.39, 0.29) is 45.4 Å². The maximum Gasteiger partial charge on any atom is 3.00 e. The number of oxime groups is 4. The van der Waals surface area contributed by atoms with Crippen LogP contribution in [0.5, 0.6) is 0 Å². The molecule has 0 aliphatic heterocycles. The third kappa shape index (κ3) is 45.7. The van der Waals surface area contributed by atoms with Gasteiger partial charge in [-0.05, 0) is 0 Å². The van der Waals surface area contributed by atoms with E-state index >= 15 is 0 Å². The van der Waals surface area contributed by atoms with Gasteiger partial charge in [0.05, 0.1) is 108 Å². The maximum atomic E-state index is 13.9. The Balaban J connectivity index is -0.0000520. The van der Waals surface area contributed by atoms with Gasteiger partial charge in [0.1, 0.15) is 124 Å². The van der Waals surface area contributed by atoms with Crippen LogP contribution in [0.1, 0.15) is 0 Å². The molecule has 0 bridgehead atoms. The van der Waals surface area contributed by atoms with E-state index in [1.807, 2.05) is 0 Å². The van der Waals surface area contributed by atoms with Crippen LogP contribution >= 0.6 is 0 Å². The fourth-order valence-corrected chi connectivity index (χ4v) is 7.65. The third-order valence-corrected chi connectivity index (χ3v) is 13.4. The van der Waals surface area contributed by atoms with Crippen LogP contribution in [0.15, 0.2) is 20.6 Å². The minimum absolute atomic E-state index is 0. The van der Waals surface area contributed by atoms with Gasteiger partial charge in [-0.1, -0.05) is 20.6 Å². The van der Waals surface area contributed by atoms with E-state index in [0.717, 1.165) is 24.5 Å². The quantitative estimate of drug-likeness (QED) is 0.0116. The molecule has 0 heterocycles. The number of rotatable bonds is 60. The van der Waals surface area contributed by atoms with Crippen molar-refractivity contribution in [1.29, 1.82) is 0 Å². The predicted molar refractivity (Wildman–Crippen MR) is 327 cm³/mol. The fourth-order valence-electron chi connectivity index (χ4n) is 7.65. The molecule has 2 amide bonds. The summed E-state index contributed by atoms with van der Waals surface area (Å²) >= 11 is 0. The van der Waals surface area contributed by atoms with Crippen LogP contribution in [-0.2, 0) is 81.4 Å². The number of carbonyl (C=O) groups is 9. The zero-order valence-corrected chi connectivity index (χ0v) is 58.0. The molecule has 0 aliphatic rings. The number of aliphatic carboxylic acids is 3. The first-order valence-electron chi connectivity index (χ1n) is 30.4. The van der Waals surface area contributed by atoms with Crippen molar-refractivity contribution >= 4 is 78.5 Å². The van der Waals surface area contributed by atoms with Crippen LogP contribution < -0.4 is 15.3 Å². The minimum Gasteiger partial charge on any atom is -0.549 e. The second-order valence-electron chi connectivity index (χ2n) is 21.5. The van der Waals surface area contributed by atoms with Crippen molar-refractivity contribution in [2.45, 2.75) is 97.7 Å². The number of carboxylic acids is 3. The van der Waals surface area contributed by atoms with Crippen molar-refractivity contribution in [3.05, 3.63) is 0 Å². The second kappa shape index (κ2) is 58.6. The Labute approximate surface area is 627 Å². The van der Waals surface area contributed by atoms with E-state index in [9.17, 15) is 140 Å². The molecule has 51 heteroatoms. The molecule has 0 aromatic rings. The standard InChI is InChI=1S/C54H93N9O40.Gd.H2O/c64-22-34(72)51(92)47(88)30(68)13-55-100-26-43(84)96-9-5-62(6-10-97-44(85)27-101-56-14-31(69)48(89)52(93)35(73)23-65)38(76)17-60(20-41(80)81)3-1-59(19-40(78)79)2-4-61(21-42(82)83)18-39(77)63(7-11-98-45(86)28-102-57-15-32(70)49(90)53(94)36(74)24-66)8-12-99-46(87)29-103-58-16-33(71)50(91)54(95)37(75)25-67;;/h13-16,30-37,47-54,64-75,88-95H,1-12,17-29H2,(H,78,79)(H,80,81)(H,82,83);;1H2/q;+3;/p-3/b55-13-,56-14-,57-15+,58-16+;;/t30-,31-,32-,33-,34-,35-,36-,37-,47+,48+,49+,50+,51-,52-,53-,54-;;/m1../s1. The Morgan fingerprint density at radius 1 is 0.314 bits per heavy atom. The molecule has 0 aliphatic carbocycles. The van der Waals surface area contributed by atoms with E-state index in [0.29, 0.717) is 24.9 Å². The molecule has 0 aromatic carbocycles. The van der Waals surface area contributed by atoms with Gasteiger partial charge < -0.3 is 185 Å². The van der Waals surface area contributed by atoms with Crippen LogP contribution in [0, 0.1) is 39.9 Å². The number of aliphatic hydroxyl groups excluding tert-OH is 20. The third-order valence-electron chi connectivity index (χ3n) is 13.4. The van der Waals surface area contributed by atoms with E-state index in [1.165, 1.54) is 0 Å². The van der Waals surface area contributed by atoms with E-state index in [1.54, 1.807) is 0 Å². The number of nitrogens with zero attached hydrogens (tertiary/aromatic N) is 9. The Morgan fingerprint density at radius 2 is 0.514 bits per heavy atom. The largest absolute Gasteiger partial charge is 3.00 e. The van der Waals surface area contributed by atoms with E-state index in [4.69, 9.17) is 39.4 Å². The number of hydrogen-bond donors (Lipinski definition) is 20. The minimum atomic E-state index is -2.09. The molecule has 0 aromatic heterocycles.